The third-order valence-electron chi connectivity index (χ3n) is 2.54. The van der Waals surface area contributed by atoms with E-state index in [1.54, 1.807) is 19.2 Å². The Bertz CT molecular complexity index is 629. The summed E-state index contributed by atoms with van der Waals surface area (Å²) in [5.74, 6) is -0.472. The Morgan fingerprint density at radius 1 is 1.39 bits per heavy atom. The van der Waals surface area contributed by atoms with E-state index in [2.05, 4.69) is 10.3 Å². The SMILES string of the molecule is CNc1c(C(=O)OC)cnc2cc(Cl)cc(Cl)c12. The molecule has 1 aromatic carbocycles. The first-order valence-electron chi connectivity index (χ1n) is 5.12. The number of esters is 1. The van der Waals surface area contributed by atoms with Gasteiger partial charge in [0.25, 0.3) is 0 Å². The lowest BCUT2D eigenvalue weighted by atomic mass is 10.1. The van der Waals surface area contributed by atoms with Crippen LogP contribution in [0.5, 0.6) is 0 Å². The number of carbonyl (C=O) groups is 1. The molecule has 1 aromatic heterocycles. The molecule has 0 radical (unpaired) electrons. The summed E-state index contributed by atoms with van der Waals surface area (Å²) >= 11 is 12.1. The van der Waals surface area contributed by atoms with E-state index in [0.29, 0.717) is 32.2 Å². The first-order valence-corrected chi connectivity index (χ1v) is 5.88. The van der Waals surface area contributed by atoms with E-state index in [4.69, 9.17) is 27.9 Å². The van der Waals surface area contributed by atoms with Gasteiger partial charge in [-0.2, -0.15) is 0 Å². The molecule has 0 bridgehead atoms. The van der Waals surface area contributed by atoms with E-state index in [0.717, 1.165) is 0 Å². The quantitative estimate of drug-likeness (QED) is 0.859. The maximum atomic E-state index is 11.6. The predicted octanol–water partition coefficient (Wildman–Crippen LogP) is 3.37. The van der Waals surface area contributed by atoms with Crippen LogP contribution in [0.3, 0.4) is 0 Å². The number of fused-ring (bicyclic) bond motifs is 1. The number of rotatable bonds is 2. The summed E-state index contributed by atoms with van der Waals surface area (Å²) in [4.78, 5) is 15.8. The summed E-state index contributed by atoms with van der Waals surface area (Å²) in [5.41, 5.74) is 1.52. The summed E-state index contributed by atoms with van der Waals surface area (Å²) in [6, 6.07) is 3.29. The maximum absolute atomic E-state index is 11.6. The normalized spacial score (nSPS) is 10.4. The highest BCUT2D eigenvalue weighted by Gasteiger charge is 2.17. The van der Waals surface area contributed by atoms with Gasteiger partial charge in [-0.15, -0.1) is 0 Å². The molecular weight excluding hydrogens is 275 g/mol. The van der Waals surface area contributed by atoms with E-state index in [-0.39, 0.29) is 0 Å². The smallest absolute Gasteiger partial charge is 0.341 e. The number of methoxy groups -OCH3 is 1. The van der Waals surface area contributed by atoms with Crippen molar-refractivity contribution in [2.45, 2.75) is 0 Å². The van der Waals surface area contributed by atoms with E-state index in [9.17, 15) is 4.79 Å². The van der Waals surface area contributed by atoms with Crippen molar-refractivity contribution in [3.8, 4) is 0 Å². The van der Waals surface area contributed by atoms with Crippen LogP contribution in [0.2, 0.25) is 10.0 Å². The molecule has 0 spiro atoms. The highest BCUT2D eigenvalue weighted by atomic mass is 35.5. The summed E-state index contributed by atoms with van der Waals surface area (Å²) in [7, 11) is 3.02. The second-order valence-corrected chi connectivity index (χ2v) is 4.41. The Labute approximate surface area is 114 Å². The van der Waals surface area contributed by atoms with E-state index < -0.39 is 5.97 Å². The average Bonchev–Trinajstić information content (AvgIpc) is 2.36. The van der Waals surface area contributed by atoms with Crippen molar-refractivity contribution >= 4 is 45.8 Å². The third-order valence-corrected chi connectivity index (χ3v) is 3.06. The zero-order valence-corrected chi connectivity index (χ0v) is 11.3. The van der Waals surface area contributed by atoms with E-state index in [1.807, 2.05) is 0 Å². The molecule has 6 heteroatoms. The number of hydrogen-bond acceptors (Lipinski definition) is 4. The number of nitrogens with zero attached hydrogens (tertiary/aromatic N) is 1. The van der Waals surface area contributed by atoms with Crippen LogP contribution >= 0.6 is 23.2 Å². The van der Waals surface area contributed by atoms with Gasteiger partial charge in [-0.1, -0.05) is 23.2 Å². The molecule has 0 amide bonds. The Hall–Kier alpha value is -1.52. The van der Waals surface area contributed by atoms with Crippen LogP contribution in [0.25, 0.3) is 10.9 Å². The lowest BCUT2D eigenvalue weighted by Gasteiger charge is -2.11. The van der Waals surface area contributed by atoms with Gasteiger partial charge >= 0.3 is 5.97 Å². The molecule has 1 N–H and O–H groups in total. The molecule has 0 atom stereocenters. The van der Waals surface area contributed by atoms with Gasteiger partial charge < -0.3 is 10.1 Å². The van der Waals surface area contributed by atoms with Gasteiger partial charge in [0.1, 0.15) is 5.56 Å². The van der Waals surface area contributed by atoms with Gasteiger partial charge in [-0.25, -0.2) is 4.79 Å². The van der Waals surface area contributed by atoms with Crippen molar-refractivity contribution in [3.05, 3.63) is 33.9 Å². The average molecular weight is 285 g/mol. The minimum absolute atomic E-state index is 0.330. The molecular formula is C12H10Cl2N2O2. The Morgan fingerprint density at radius 3 is 2.72 bits per heavy atom. The van der Waals surface area contributed by atoms with Crippen LogP contribution in [0.4, 0.5) is 5.69 Å². The molecule has 94 valence electrons. The first kappa shape index (κ1) is 12.9. The van der Waals surface area contributed by atoms with Gasteiger partial charge in [0.15, 0.2) is 0 Å². The molecule has 0 saturated carbocycles. The Balaban J connectivity index is 2.83. The number of benzene rings is 1. The summed E-state index contributed by atoms with van der Waals surface area (Å²) < 4.78 is 4.70. The van der Waals surface area contributed by atoms with Crippen molar-refractivity contribution in [2.75, 3.05) is 19.5 Å². The molecule has 0 aliphatic carbocycles. The van der Waals surface area contributed by atoms with Crippen molar-refractivity contribution in [1.29, 1.82) is 0 Å². The number of ether oxygens (including phenoxy) is 1. The van der Waals surface area contributed by atoms with Gasteiger partial charge in [0.2, 0.25) is 0 Å². The highest BCUT2D eigenvalue weighted by Crippen LogP contribution is 2.34. The molecule has 2 rings (SSSR count). The predicted molar refractivity (Wildman–Crippen MR) is 72.6 cm³/mol. The van der Waals surface area contributed by atoms with Crippen molar-refractivity contribution in [3.63, 3.8) is 0 Å². The number of aromatic nitrogens is 1. The topological polar surface area (TPSA) is 51.2 Å². The van der Waals surface area contributed by atoms with Crippen LogP contribution in [0.15, 0.2) is 18.3 Å². The van der Waals surface area contributed by atoms with Crippen molar-refractivity contribution < 1.29 is 9.53 Å². The van der Waals surface area contributed by atoms with Crippen LogP contribution in [0, 0.1) is 0 Å². The summed E-state index contributed by atoms with van der Waals surface area (Å²) in [5, 5.41) is 4.51. The zero-order valence-electron chi connectivity index (χ0n) is 9.75. The molecule has 2 aromatic rings. The monoisotopic (exact) mass is 284 g/mol. The first-order chi connectivity index (χ1) is 8.58. The molecule has 4 nitrogen and oxygen atoms in total. The summed E-state index contributed by atoms with van der Waals surface area (Å²) in [6.45, 7) is 0. The zero-order chi connectivity index (χ0) is 13.3. The number of carbonyl (C=O) groups excluding carboxylic acids is 1. The molecule has 0 aliphatic heterocycles. The fraction of sp³-hybridized carbons (Fsp3) is 0.167. The minimum Gasteiger partial charge on any atom is -0.465 e. The second kappa shape index (κ2) is 5.00. The van der Waals surface area contributed by atoms with Gasteiger partial charge in [0.05, 0.1) is 23.3 Å². The number of halogens is 2. The van der Waals surface area contributed by atoms with Crippen molar-refractivity contribution in [2.24, 2.45) is 0 Å². The lowest BCUT2D eigenvalue weighted by Crippen LogP contribution is -2.07. The minimum atomic E-state index is -0.472. The maximum Gasteiger partial charge on any atom is 0.341 e. The highest BCUT2D eigenvalue weighted by molar-refractivity contribution is 6.39. The second-order valence-electron chi connectivity index (χ2n) is 3.57. The van der Waals surface area contributed by atoms with E-state index in [1.165, 1.54) is 13.3 Å². The largest absolute Gasteiger partial charge is 0.465 e. The number of hydrogen-bond donors (Lipinski definition) is 1. The summed E-state index contributed by atoms with van der Waals surface area (Å²) in [6.07, 6.45) is 1.44. The molecule has 0 aliphatic rings. The fourth-order valence-electron chi connectivity index (χ4n) is 1.77. The number of nitrogens with one attached hydrogen (secondary N) is 1. The van der Waals surface area contributed by atoms with Gasteiger partial charge in [0, 0.05) is 23.7 Å². The van der Waals surface area contributed by atoms with E-state index >= 15 is 0 Å². The third kappa shape index (κ3) is 2.09. The number of anilines is 1. The number of pyridine rings is 1. The molecule has 0 saturated heterocycles. The van der Waals surface area contributed by atoms with Crippen LogP contribution in [-0.2, 0) is 4.74 Å². The van der Waals surface area contributed by atoms with Crippen molar-refractivity contribution in [1.82, 2.24) is 4.98 Å². The van der Waals surface area contributed by atoms with Crippen LogP contribution in [-0.4, -0.2) is 25.1 Å². The van der Waals surface area contributed by atoms with Crippen LogP contribution in [0.1, 0.15) is 10.4 Å². The van der Waals surface area contributed by atoms with Gasteiger partial charge in [-0.3, -0.25) is 4.98 Å². The van der Waals surface area contributed by atoms with Gasteiger partial charge in [-0.05, 0) is 12.1 Å². The Morgan fingerprint density at radius 2 is 2.11 bits per heavy atom. The molecule has 0 unspecified atom stereocenters. The molecule has 1 heterocycles. The molecule has 0 fully saturated rings. The van der Waals surface area contributed by atoms with Crippen LogP contribution < -0.4 is 5.32 Å². The standard InChI is InChI=1S/C12H10Cl2N2O2/c1-15-11-7(12(17)18-2)5-16-9-4-6(13)3-8(14)10(9)11/h3-5H,1-2H3,(H,15,16). The Kier molecular flexibility index (Phi) is 3.59. The fourth-order valence-corrected chi connectivity index (χ4v) is 2.34. The lowest BCUT2D eigenvalue weighted by molar-refractivity contribution is 0.0601. The molecule has 18 heavy (non-hydrogen) atoms.